The van der Waals surface area contributed by atoms with Crippen LogP contribution in [0, 0.1) is 0 Å². The molecule has 1 atom stereocenters. The minimum atomic E-state index is -0.343. The predicted octanol–water partition coefficient (Wildman–Crippen LogP) is 2.73. The lowest BCUT2D eigenvalue weighted by molar-refractivity contribution is -0.122. The first-order valence-electron chi connectivity index (χ1n) is 11.3. The number of amides is 1. The first-order chi connectivity index (χ1) is 16.2. The maximum absolute atomic E-state index is 12.8. The van der Waals surface area contributed by atoms with Gasteiger partial charge >= 0.3 is 0 Å². The van der Waals surface area contributed by atoms with Crippen molar-refractivity contribution in [3.63, 3.8) is 0 Å². The van der Waals surface area contributed by atoms with Crippen LogP contribution in [0.1, 0.15) is 11.1 Å². The van der Waals surface area contributed by atoms with Gasteiger partial charge in [0.2, 0.25) is 11.9 Å². The Hall–Kier alpha value is -3.65. The molecule has 1 unspecified atom stereocenters. The molecular weight excluding hydrogens is 416 g/mol. The largest absolute Gasteiger partial charge is 0.378 e. The van der Waals surface area contributed by atoms with Gasteiger partial charge in [-0.25, -0.2) is 4.98 Å². The highest BCUT2D eigenvalue weighted by Crippen LogP contribution is 2.26. The van der Waals surface area contributed by atoms with Gasteiger partial charge in [-0.1, -0.05) is 30.3 Å². The topological polar surface area (TPSA) is 82.6 Å². The average molecular weight is 445 g/mol. The second kappa shape index (κ2) is 9.46. The Morgan fingerprint density at radius 2 is 1.85 bits per heavy atom. The number of carbonyl (C=O) groups is 1. The number of rotatable bonds is 5. The summed E-state index contributed by atoms with van der Waals surface area (Å²) in [6.07, 6.45) is 2.40. The van der Waals surface area contributed by atoms with Gasteiger partial charge in [0.05, 0.1) is 13.2 Å². The summed E-state index contributed by atoms with van der Waals surface area (Å²) in [5.41, 5.74) is 4.10. The highest BCUT2D eigenvalue weighted by Gasteiger charge is 2.29. The van der Waals surface area contributed by atoms with Crippen molar-refractivity contribution in [2.24, 2.45) is 0 Å². The maximum atomic E-state index is 12.8. The number of nitrogens with one attached hydrogen (secondary N) is 2. The van der Waals surface area contributed by atoms with Gasteiger partial charge < -0.3 is 25.2 Å². The molecule has 5 rings (SSSR count). The quantitative estimate of drug-likeness (QED) is 0.626. The Kier molecular flexibility index (Phi) is 6.08. The molecule has 2 aromatic carbocycles. The Labute approximate surface area is 193 Å². The minimum Gasteiger partial charge on any atom is -0.378 e. The molecule has 0 spiro atoms. The lowest BCUT2D eigenvalue weighted by Gasteiger charge is -2.29. The molecule has 2 aliphatic heterocycles. The molecule has 2 aliphatic rings. The third kappa shape index (κ3) is 4.75. The molecule has 8 nitrogen and oxygen atoms in total. The van der Waals surface area contributed by atoms with Crippen molar-refractivity contribution in [3.8, 4) is 0 Å². The highest BCUT2D eigenvalue weighted by atomic mass is 16.5. The van der Waals surface area contributed by atoms with Gasteiger partial charge in [-0.3, -0.25) is 4.79 Å². The molecule has 1 saturated heterocycles. The van der Waals surface area contributed by atoms with Crippen molar-refractivity contribution in [1.82, 2.24) is 15.3 Å². The van der Waals surface area contributed by atoms with Crippen LogP contribution in [0.4, 0.5) is 23.1 Å². The molecule has 1 aromatic heterocycles. The molecule has 170 valence electrons. The van der Waals surface area contributed by atoms with E-state index in [1.807, 2.05) is 54.4 Å². The number of aromatic nitrogens is 2. The van der Waals surface area contributed by atoms with Crippen molar-refractivity contribution >= 4 is 29.0 Å². The number of fused-ring (bicyclic) bond motifs is 1. The molecule has 0 aliphatic carbocycles. The van der Waals surface area contributed by atoms with E-state index in [-0.39, 0.29) is 11.9 Å². The van der Waals surface area contributed by atoms with Crippen LogP contribution in [0.15, 0.2) is 60.8 Å². The summed E-state index contributed by atoms with van der Waals surface area (Å²) in [4.78, 5) is 26.3. The molecule has 33 heavy (non-hydrogen) atoms. The molecule has 2 N–H and O–H groups in total. The number of ether oxygens (including phenoxy) is 1. The average Bonchev–Trinajstić information content (AvgIpc) is 2.98. The standard InChI is InChI=1S/C25H28N6O2/c1-30-22(15-18-5-3-2-4-6-18)24(32)26-16-19-17-27-25(29-23(19)30)28-20-7-9-21(10-8-20)31-11-13-33-14-12-31/h2-10,17,22H,11-16H2,1H3,(H,26,32)(H,27,28,29). The van der Waals surface area contributed by atoms with Gasteiger partial charge in [0.25, 0.3) is 0 Å². The van der Waals surface area contributed by atoms with Crippen molar-refractivity contribution in [2.75, 3.05) is 48.5 Å². The highest BCUT2D eigenvalue weighted by molar-refractivity contribution is 5.86. The van der Waals surface area contributed by atoms with Crippen LogP contribution in [0.3, 0.4) is 0 Å². The van der Waals surface area contributed by atoms with E-state index in [1.54, 1.807) is 6.20 Å². The van der Waals surface area contributed by atoms with E-state index < -0.39 is 0 Å². The Morgan fingerprint density at radius 3 is 2.61 bits per heavy atom. The fourth-order valence-corrected chi connectivity index (χ4v) is 4.28. The van der Waals surface area contributed by atoms with Gasteiger partial charge in [0, 0.05) is 56.2 Å². The first kappa shape index (κ1) is 21.2. The smallest absolute Gasteiger partial charge is 0.243 e. The van der Waals surface area contributed by atoms with Gasteiger partial charge in [0.1, 0.15) is 11.9 Å². The summed E-state index contributed by atoms with van der Waals surface area (Å²) in [5, 5.41) is 6.32. The molecule has 1 amide bonds. The molecule has 0 saturated carbocycles. The summed E-state index contributed by atoms with van der Waals surface area (Å²) in [5.74, 6) is 1.26. The van der Waals surface area contributed by atoms with E-state index in [0.29, 0.717) is 18.9 Å². The van der Waals surface area contributed by atoms with E-state index in [1.165, 1.54) is 5.69 Å². The van der Waals surface area contributed by atoms with E-state index in [4.69, 9.17) is 9.72 Å². The van der Waals surface area contributed by atoms with Crippen molar-refractivity contribution in [1.29, 1.82) is 0 Å². The molecule has 3 heterocycles. The van der Waals surface area contributed by atoms with Crippen LogP contribution >= 0.6 is 0 Å². The Bertz CT molecular complexity index is 1100. The molecule has 0 bridgehead atoms. The fourth-order valence-electron chi connectivity index (χ4n) is 4.28. The van der Waals surface area contributed by atoms with Crippen molar-refractivity contribution < 1.29 is 9.53 Å². The zero-order chi connectivity index (χ0) is 22.6. The number of carbonyl (C=O) groups excluding carboxylic acids is 1. The first-order valence-corrected chi connectivity index (χ1v) is 11.3. The normalized spacial score (nSPS) is 18.3. The van der Waals surface area contributed by atoms with E-state index in [2.05, 4.69) is 32.7 Å². The summed E-state index contributed by atoms with van der Waals surface area (Å²) in [7, 11) is 1.92. The fraction of sp³-hybridized carbons (Fsp3) is 0.320. The van der Waals surface area contributed by atoms with Crippen LogP contribution in [0.25, 0.3) is 0 Å². The molecule has 8 heteroatoms. The van der Waals surface area contributed by atoms with Gasteiger partial charge in [-0.2, -0.15) is 4.98 Å². The summed E-state index contributed by atoms with van der Waals surface area (Å²) >= 11 is 0. The van der Waals surface area contributed by atoms with Crippen molar-refractivity contribution in [2.45, 2.75) is 19.0 Å². The number of likely N-dealkylation sites (N-methyl/N-ethyl adjacent to an activating group) is 1. The van der Waals surface area contributed by atoms with Gasteiger partial charge in [-0.15, -0.1) is 0 Å². The number of benzene rings is 2. The summed E-state index contributed by atoms with van der Waals surface area (Å²) < 4.78 is 5.43. The minimum absolute atomic E-state index is 0.00689. The van der Waals surface area contributed by atoms with Crippen LogP contribution in [-0.4, -0.2) is 55.3 Å². The Morgan fingerprint density at radius 1 is 1.09 bits per heavy atom. The second-order valence-electron chi connectivity index (χ2n) is 8.35. The van der Waals surface area contributed by atoms with Gasteiger partial charge in [0.15, 0.2) is 0 Å². The SMILES string of the molecule is CN1c2nc(Nc3ccc(N4CCOCC4)cc3)ncc2CNC(=O)C1Cc1ccccc1. The zero-order valence-electron chi connectivity index (χ0n) is 18.7. The van der Waals surface area contributed by atoms with Crippen molar-refractivity contribution in [3.05, 3.63) is 71.9 Å². The lowest BCUT2D eigenvalue weighted by Crippen LogP contribution is -2.44. The number of morpholine rings is 1. The number of nitrogens with zero attached hydrogens (tertiary/aromatic N) is 4. The van der Waals surface area contributed by atoms with E-state index >= 15 is 0 Å². The maximum Gasteiger partial charge on any atom is 0.243 e. The molecular formula is C25H28N6O2. The molecule has 3 aromatic rings. The number of hydrogen-bond donors (Lipinski definition) is 2. The van der Waals surface area contributed by atoms with Crippen LogP contribution < -0.4 is 20.4 Å². The zero-order valence-corrected chi connectivity index (χ0v) is 18.7. The Balaban J connectivity index is 1.34. The number of hydrogen-bond acceptors (Lipinski definition) is 7. The van der Waals surface area contributed by atoms with E-state index in [9.17, 15) is 4.79 Å². The third-order valence-corrected chi connectivity index (χ3v) is 6.17. The van der Waals surface area contributed by atoms with E-state index in [0.717, 1.165) is 48.9 Å². The third-order valence-electron chi connectivity index (χ3n) is 6.17. The monoisotopic (exact) mass is 444 g/mol. The predicted molar refractivity (Wildman–Crippen MR) is 129 cm³/mol. The summed E-state index contributed by atoms with van der Waals surface area (Å²) in [6.45, 7) is 3.75. The van der Waals surface area contributed by atoms with Crippen LogP contribution in [-0.2, 0) is 22.5 Å². The van der Waals surface area contributed by atoms with Gasteiger partial charge in [-0.05, 0) is 29.8 Å². The lowest BCUT2D eigenvalue weighted by atomic mass is 10.0. The van der Waals surface area contributed by atoms with Crippen LogP contribution in [0.5, 0.6) is 0 Å². The summed E-state index contributed by atoms with van der Waals surface area (Å²) in [6, 6.07) is 18.0. The molecule has 0 radical (unpaired) electrons. The van der Waals surface area contributed by atoms with Crippen LogP contribution in [0.2, 0.25) is 0 Å². The second-order valence-corrected chi connectivity index (χ2v) is 8.35. The number of anilines is 4. The molecule has 1 fully saturated rings.